The molecule has 15 heavy (non-hydrogen) atoms. The summed E-state index contributed by atoms with van der Waals surface area (Å²) >= 11 is 1.28. The lowest BCUT2D eigenvalue weighted by Crippen LogP contribution is -2.47. The summed E-state index contributed by atoms with van der Waals surface area (Å²) in [5, 5.41) is 10.9. The highest BCUT2D eigenvalue weighted by molar-refractivity contribution is 7.99. The van der Waals surface area contributed by atoms with Gasteiger partial charge < -0.3 is 14.6 Å². The van der Waals surface area contributed by atoms with E-state index in [1.54, 1.807) is 0 Å². The summed E-state index contributed by atoms with van der Waals surface area (Å²) in [7, 11) is 0. The minimum atomic E-state index is 0.125. The van der Waals surface area contributed by atoms with E-state index >= 15 is 0 Å². The van der Waals surface area contributed by atoms with Crippen molar-refractivity contribution >= 4 is 17.7 Å². The van der Waals surface area contributed by atoms with E-state index in [4.69, 9.17) is 4.42 Å². The third-order valence-electron chi connectivity index (χ3n) is 2.13. The highest BCUT2D eigenvalue weighted by atomic mass is 32.2. The highest BCUT2D eigenvalue weighted by Crippen LogP contribution is 2.14. The third-order valence-corrected chi connectivity index (χ3v) is 2.94. The minimum absolute atomic E-state index is 0.125. The van der Waals surface area contributed by atoms with E-state index in [-0.39, 0.29) is 5.91 Å². The predicted molar refractivity (Wildman–Crippen MR) is 54.5 cm³/mol. The Kier molecular flexibility index (Phi) is 3.57. The second-order valence-electron chi connectivity index (χ2n) is 3.12. The van der Waals surface area contributed by atoms with Gasteiger partial charge in [0.1, 0.15) is 0 Å². The van der Waals surface area contributed by atoms with E-state index in [1.165, 1.54) is 18.2 Å². The molecule has 0 aromatic carbocycles. The van der Waals surface area contributed by atoms with Gasteiger partial charge in [0.25, 0.3) is 5.22 Å². The van der Waals surface area contributed by atoms with Crippen LogP contribution in [0.1, 0.15) is 0 Å². The zero-order valence-corrected chi connectivity index (χ0v) is 9.00. The highest BCUT2D eigenvalue weighted by Gasteiger charge is 2.16. The number of aromatic nitrogens is 2. The van der Waals surface area contributed by atoms with Crippen LogP contribution in [-0.2, 0) is 4.79 Å². The maximum absolute atomic E-state index is 11.7. The summed E-state index contributed by atoms with van der Waals surface area (Å²) in [6.07, 6.45) is 1.26. The first kappa shape index (κ1) is 10.4. The van der Waals surface area contributed by atoms with Gasteiger partial charge in [-0.05, 0) is 0 Å². The zero-order chi connectivity index (χ0) is 10.5. The fraction of sp³-hybridized carbons (Fsp3) is 0.625. The van der Waals surface area contributed by atoms with Crippen molar-refractivity contribution in [3.63, 3.8) is 0 Å². The van der Waals surface area contributed by atoms with Crippen LogP contribution in [0.3, 0.4) is 0 Å². The lowest BCUT2D eigenvalue weighted by atomic mass is 10.3. The molecule has 0 saturated carbocycles. The molecule has 1 N–H and O–H groups in total. The van der Waals surface area contributed by atoms with E-state index in [1.807, 2.05) is 4.90 Å². The first-order chi connectivity index (χ1) is 7.36. The summed E-state index contributed by atoms with van der Waals surface area (Å²) in [6.45, 7) is 3.31. The molecule has 0 unspecified atom stereocenters. The molecule has 1 aliphatic heterocycles. The number of piperazine rings is 1. The van der Waals surface area contributed by atoms with Gasteiger partial charge in [0.2, 0.25) is 12.3 Å². The monoisotopic (exact) mass is 228 g/mol. The van der Waals surface area contributed by atoms with E-state index in [0.717, 1.165) is 26.2 Å². The summed E-state index contributed by atoms with van der Waals surface area (Å²) in [5.74, 6) is 0.488. The molecule has 0 spiro atoms. The zero-order valence-electron chi connectivity index (χ0n) is 8.18. The van der Waals surface area contributed by atoms with Crippen molar-refractivity contribution in [3.05, 3.63) is 6.39 Å². The summed E-state index contributed by atoms with van der Waals surface area (Å²) in [4.78, 5) is 13.5. The van der Waals surface area contributed by atoms with Crippen LogP contribution in [-0.4, -0.2) is 52.9 Å². The number of amides is 1. The maximum atomic E-state index is 11.7. The number of carbonyl (C=O) groups is 1. The number of nitrogens with one attached hydrogen (secondary N) is 1. The second-order valence-corrected chi connectivity index (χ2v) is 4.05. The Bertz CT molecular complexity index is 310. The molecule has 82 valence electrons. The van der Waals surface area contributed by atoms with Gasteiger partial charge in [0.15, 0.2) is 0 Å². The van der Waals surface area contributed by atoms with E-state index in [0.29, 0.717) is 11.0 Å². The quantitative estimate of drug-likeness (QED) is 0.709. The first-order valence-corrected chi connectivity index (χ1v) is 5.72. The van der Waals surface area contributed by atoms with Gasteiger partial charge in [-0.3, -0.25) is 4.79 Å². The molecule has 7 heteroatoms. The van der Waals surface area contributed by atoms with E-state index in [2.05, 4.69) is 15.5 Å². The second kappa shape index (κ2) is 5.13. The molecule has 0 aliphatic carbocycles. The summed E-state index contributed by atoms with van der Waals surface area (Å²) in [6, 6.07) is 0. The van der Waals surface area contributed by atoms with Crippen molar-refractivity contribution in [2.75, 3.05) is 31.9 Å². The molecular weight excluding hydrogens is 216 g/mol. The number of hydrogen-bond donors (Lipinski definition) is 1. The van der Waals surface area contributed by atoms with Crippen molar-refractivity contribution in [2.45, 2.75) is 5.22 Å². The number of nitrogens with zero attached hydrogens (tertiary/aromatic N) is 3. The Morgan fingerprint density at radius 1 is 1.60 bits per heavy atom. The molecule has 1 aliphatic rings. The number of thioether (sulfide) groups is 1. The number of rotatable bonds is 3. The Morgan fingerprint density at radius 2 is 2.40 bits per heavy atom. The van der Waals surface area contributed by atoms with Crippen molar-refractivity contribution in [1.29, 1.82) is 0 Å². The molecular formula is C8H12N4O2S. The minimum Gasteiger partial charge on any atom is -0.419 e. The predicted octanol–water partition coefficient (Wildman–Crippen LogP) is -0.407. The van der Waals surface area contributed by atoms with E-state index in [9.17, 15) is 4.79 Å². The molecule has 1 fully saturated rings. The van der Waals surface area contributed by atoms with Gasteiger partial charge in [-0.25, -0.2) is 0 Å². The molecule has 0 radical (unpaired) electrons. The number of carbonyl (C=O) groups excluding carboxylic acids is 1. The lowest BCUT2D eigenvalue weighted by molar-refractivity contribution is -0.128. The van der Waals surface area contributed by atoms with Gasteiger partial charge >= 0.3 is 0 Å². The van der Waals surface area contributed by atoms with Crippen LogP contribution < -0.4 is 5.32 Å². The maximum Gasteiger partial charge on any atom is 0.276 e. The molecule has 6 nitrogen and oxygen atoms in total. The fourth-order valence-corrected chi connectivity index (χ4v) is 2.00. The molecule has 1 aromatic rings. The van der Waals surface area contributed by atoms with Crippen molar-refractivity contribution in [3.8, 4) is 0 Å². The summed E-state index contributed by atoms with van der Waals surface area (Å²) in [5.41, 5.74) is 0. The summed E-state index contributed by atoms with van der Waals surface area (Å²) < 4.78 is 4.93. The van der Waals surface area contributed by atoms with Crippen molar-refractivity contribution in [1.82, 2.24) is 20.4 Å². The number of hydrogen-bond acceptors (Lipinski definition) is 6. The fourth-order valence-electron chi connectivity index (χ4n) is 1.35. The molecule has 2 rings (SSSR count). The standard InChI is InChI=1S/C8H12N4O2S/c13-7(12-3-1-9-2-4-12)5-15-8-11-10-6-14-8/h6,9H,1-5H2. The molecule has 1 aromatic heterocycles. The normalized spacial score (nSPS) is 16.7. The van der Waals surface area contributed by atoms with Crippen LogP contribution in [0.25, 0.3) is 0 Å². The molecule has 1 amide bonds. The first-order valence-electron chi connectivity index (χ1n) is 4.74. The Morgan fingerprint density at radius 3 is 3.07 bits per heavy atom. The van der Waals surface area contributed by atoms with Crippen LogP contribution in [0, 0.1) is 0 Å². The van der Waals surface area contributed by atoms with Crippen LogP contribution >= 0.6 is 11.8 Å². The molecule has 0 bridgehead atoms. The van der Waals surface area contributed by atoms with Crippen molar-refractivity contribution in [2.24, 2.45) is 0 Å². The molecule has 2 heterocycles. The smallest absolute Gasteiger partial charge is 0.276 e. The van der Waals surface area contributed by atoms with Crippen LogP contribution in [0.15, 0.2) is 16.0 Å². The molecule has 1 saturated heterocycles. The van der Waals surface area contributed by atoms with E-state index < -0.39 is 0 Å². The largest absolute Gasteiger partial charge is 0.419 e. The Labute approximate surface area is 91.4 Å². The average Bonchev–Trinajstić information content (AvgIpc) is 2.80. The Hall–Kier alpha value is -1.08. The SMILES string of the molecule is O=C(CSc1nnco1)N1CCNCC1. The van der Waals surface area contributed by atoms with Crippen molar-refractivity contribution < 1.29 is 9.21 Å². The van der Waals surface area contributed by atoms with Crippen LogP contribution in [0.5, 0.6) is 0 Å². The Balaban J connectivity index is 1.76. The van der Waals surface area contributed by atoms with Gasteiger partial charge in [0, 0.05) is 26.2 Å². The van der Waals surface area contributed by atoms with Crippen LogP contribution in [0.4, 0.5) is 0 Å². The third kappa shape index (κ3) is 2.93. The van der Waals surface area contributed by atoms with Gasteiger partial charge in [-0.15, -0.1) is 10.2 Å². The van der Waals surface area contributed by atoms with Gasteiger partial charge in [-0.1, -0.05) is 11.8 Å². The van der Waals surface area contributed by atoms with Gasteiger partial charge in [-0.2, -0.15) is 0 Å². The topological polar surface area (TPSA) is 71.3 Å². The molecule has 0 atom stereocenters. The van der Waals surface area contributed by atoms with Crippen LogP contribution in [0.2, 0.25) is 0 Å². The van der Waals surface area contributed by atoms with Gasteiger partial charge in [0.05, 0.1) is 5.75 Å². The lowest BCUT2D eigenvalue weighted by Gasteiger charge is -2.27. The average molecular weight is 228 g/mol.